The molecule has 0 aliphatic rings. The third-order valence-corrected chi connectivity index (χ3v) is 4.99. The van der Waals surface area contributed by atoms with Gasteiger partial charge in [-0.05, 0) is 31.0 Å². The number of Topliss-reactive ketones (excluding diaryl/α,β-unsaturated/α-hetero) is 1. The third-order valence-electron chi connectivity index (χ3n) is 3.93. The van der Waals surface area contributed by atoms with Gasteiger partial charge in [-0.15, -0.1) is 0 Å². The molecule has 0 bridgehead atoms. The van der Waals surface area contributed by atoms with E-state index < -0.39 is 5.60 Å². The molecular weight excluding hydrogens is 412 g/mol. The smallest absolute Gasteiger partial charge is 0.194 e. The number of hydrogen-bond donors (Lipinski definition) is 1. The molecule has 4 nitrogen and oxygen atoms in total. The minimum absolute atomic E-state index is 0.258. The highest BCUT2D eigenvalue weighted by Crippen LogP contribution is 2.24. The van der Waals surface area contributed by atoms with Gasteiger partial charge in [0.05, 0.1) is 22.4 Å². The molecule has 0 aliphatic heterocycles. The van der Waals surface area contributed by atoms with E-state index in [4.69, 9.17) is 0 Å². The van der Waals surface area contributed by atoms with Gasteiger partial charge in [0.25, 0.3) is 0 Å². The molecule has 0 radical (unpaired) electrons. The second-order valence-corrected chi connectivity index (χ2v) is 6.28. The number of ketones is 1. The molecule has 0 unspecified atom stereocenters. The number of carbonyl (C=O) groups is 1. The van der Waals surface area contributed by atoms with E-state index in [0.29, 0.717) is 34.6 Å². The number of aliphatic hydroxyl groups is 1. The standard InChI is InChI=1S/C16H18Br2N2O2/c1-3-16(22,4-2)15(21)10-5-6-11-12(7-10)20-14(9-18)13(8-17)19-11/h5-7,22H,3-4,8-9H2,1-2H3. The number of halogens is 2. The second kappa shape index (κ2) is 7.15. The van der Waals surface area contributed by atoms with Crippen molar-refractivity contribution < 1.29 is 9.90 Å². The summed E-state index contributed by atoms with van der Waals surface area (Å²) < 4.78 is 0. The van der Waals surface area contributed by atoms with Crippen molar-refractivity contribution in [3.05, 3.63) is 35.2 Å². The summed E-state index contributed by atoms with van der Waals surface area (Å²) in [5, 5.41) is 11.6. The lowest BCUT2D eigenvalue weighted by molar-refractivity contribution is 0.0278. The number of benzene rings is 1. The van der Waals surface area contributed by atoms with Crippen LogP contribution in [0.5, 0.6) is 0 Å². The number of aromatic nitrogens is 2. The summed E-state index contributed by atoms with van der Waals surface area (Å²) in [5.41, 5.74) is 2.29. The number of alkyl halides is 2. The lowest BCUT2D eigenvalue weighted by Gasteiger charge is -2.23. The number of carbonyl (C=O) groups excluding carboxylic acids is 1. The van der Waals surface area contributed by atoms with Crippen molar-refractivity contribution in [1.29, 1.82) is 0 Å². The second-order valence-electron chi connectivity index (χ2n) is 5.16. The van der Waals surface area contributed by atoms with Crippen LogP contribution in [0.15, 0.2) is 18.2 Å². The van der Waals surface area contributed by atoms with E-state index >= 15 is 0 Å². The number of nitrogens with zero attached hydrogens (tertiary/aromatic N) is 2. The Morgan fingerprint density at radius 3 is 2.14 bits per heavy atom. The molecule has 1 N–H and O–H groups in total. The number of rotatable bonds is 6. The first-order valence-corrected chi connectivity index (χ1v) is 9.42. The molecule has 6 heteroatoms. The van der Waals surface area contributed by atoms with Gasteiger partial charge in [-0.3, -0.25) is 4.79 Å². The molecule has 0 spiro atoms. The molecule has 2 aromatic rings. The zero-order chi connectivity index (χ0) is 16.3. The van der Waals surface area contributed by atoms with Crippen molar-refractivity contribution in [1.82, 2.24) is 9.97 Å². The Labute approximate surface area is 146 Å². The molecule has 0 saturated heterocycles. The molecule has 0 aliphatic carbocycles. The Bertz CT molecular complexity index is 700. The van der Waals surface area contributed by atoms with Crippen molar-refractivity contribution in [3.8, 4) is 0 Å². The van der Waals surface area contributed by atoms with Crippen LogP contribution >= 0.6 is 31.9 Å². The van der Waals surface area contributed by atoms with Gasteiger partial charge >= 0.3 is 0 Å². The maximum atomic E-state index is 12.5. The van der Waals surface area contributed by atoms with Crippen molar-refractivity contribution in [2.24, 2.45) is 0 Å². The maximum absolute atomic E-state index is 12.5. The lowest BCUT2D eigenvalue weighted by atomic mass is 9.88. The first-order valence-electron chi connectivity index (χ1n) is 7.17. The molecule has 0 fully saturated rings. The van der Waals surface area contributed by atoms with Crippen LogP contribution in [-0.2, 0) is 10.7 Å². The largest absolute Gasteiger partial charge is 0.382 e. The van der Waals surface area contributed by atoms with E-state index in [1.165, 1.54) is 0 Å². The Kier molecular flexibility index (Phi) is 5.69. The van der Waals surface area contributed by atoms with Gasteiger partial charge in [-0.25, -0.2) is 9.97 Å². The quantitative estimate of drug-likeness (QED) is 0.553. The molecule has 118 valence electrons. The summed E-state index contributed by atoms with van der Waals surface area (Å²) in [6.07, 6.45) is 0.780. The van der Waals surface area contributed by atoms with E-state index in [9.17, 15) is 9.90 Å². The van der Waals surface area contributed by atoms with E-state index in [1.54, 1.807) is 18.2 Å². The van der Waals surface area contributed by atoms with Crippen LogP contribution in [0.3, 0.4) is 0 Å². The van der Waals surface area contributed by atoms with Gasteiger partial charge in [-0.2, -0.15) is 0 Å². The van der Waals surface area contributed by atoms with Crippen molar-refractivity contribution in [3.63, 3.8) is 0 Å². The van der Waals surface area contributed by atoms with Gasteiger partial charge < -0.3 is 5.11 Å². The summed E-state index contributed by atoms with van der Waals surface area (Å²) in [4.78, 5) is 21.7. The van der Waals surface area contributed by atoms with E-state index in [2.05, 4.69) is 41.8 Å². The van der Waals surface area contributed by atoms with Gasteiger partial charge in [0, 0.05) is 16.2 Å². The average molecular weight is 430 g/mol. The Morgan fingerprint density at radius 1 is 1.09 bits per heavy atom. The zero-order valence-electron chi connectivity index (χ0n) is 12.6. The number of hydrogen-bond acceptors (Lipinski definition) is 4. The molecule has 1 heterocycles. The van der Waals surface area contributed by atoms with Crippen molar-refractivity contribution in [2.75, 3.05) is 0 Å². The average Bonchev–Trinajstić information content (AvgIpc) is 2.58. The normalized spacial score (nSPS) is 11.9. The third kappa shape index (κ3) is 3.24. The summed E-state index contributed by atoms with van der Waals surface area (Å²) in [7, 11) is 0. The Balaban J connectivity index is 2.53. The number of fused-ring (bicyclic) bond motifs is 1. The fourth-order valence-corrected chi connectivity index (χ4v) is 3.22. The van der Waals surface area contributed by atoms with Crippen LogP contribution in [0.2, 0.25) is 0 Å². The van der Waals surface area contributed by atoms with Gasteiger partial charge in [-0.1, -0.05) is 45.7 Å². The molecule has 0 saturated carbocycles. The van der Waals surface area contributed by atoms with Crippen LogP contribution < -0.4 is 0 Å². The van der Waals surface area contributed by atoms with Crippen LogP contribution in [0, 0.1) is 0 Å². The Morgan fingerprint density at radius 2 is 1.64 bits per heavy atom. The molecule has 1 aromatic heterocycles. The highest BCUT2D eigenvalue weighted by molar-refractivity contribution is 9.09. The molecular formula is C16H18Br2N2O2. The fraction of sp³-hybridized carbons (Fsp3) is 0.438. The SMILES string of the molecule is CCC(O)(CC)C(=O)c1ccc2nc(CBr)c(CBr)nc2c1. The minimum Gasteiger partial charge on any atom is -0.382 e. The van der Waals surface area contributed by atoms with Crippen LogP contribution in [0.1, 0.15) is 48.4 Å². The maximum Gasteiger partial charge on any atom is 0.194 e. The van der Waals surface area contributed by atoms with E-state index in [-0.39, 0.29) is 5.78 Å². The van der Waals surface area contributed by atoms with Crippen LogP contribution in [-0.4, -0.2) is 26.5 Å². The molecule has 22 heavy (non-hydrogen) atoms. The molecule has 1 aromatic carbocycles. The van der Waals surface area contributed by atoms with Crippen molar-refractivity contribution in [2.45, 2.75) is 43.0 Å². The fourth-order valence-electron chi connectivity index (χ4n) is 2.32. The Hall–Kier alpha value is -0.850. The summed E-state index contributed by atoms with van der Waals surface area (Å²) in [6, 6.07) is 5.21. The monoisotopic (exact) mass is 428 g/mol. The van der Waals surface area contributed by atoms with Crippen LogP contribution in [0.25, 0.3) is 11.0 Å². The van der Waals surface area contributed by atoms with Gasteiger partial charge in [0.15, 0.2) is 5.78 Å². The highest BCUT2D eigenvalue weighted by atomic mass is 79.9. The summed E-state index contributed by atoms with van der Waals surface area (Å²) in [5.74, 6) is -0.258. The zero-order valence-corrected chi connectivity index (χ0v) is 15.7. The minimum atomic E-state index is -1.31. The summed E-state index contributed by atoms with van der Waals surface area (Å²) >= 11 is 6.81. The van der Waals surface area contributed by atoms with Crippen molar-refractivity contribution >= 4 is 48.7 Å². The summed E-state index contributed by atoms with van der Waals surface area (Å²) in [6.45, 7) is 3.63. The first-order chi connectivity index (χ1) is 10.5. The predicted octanol–water partition coefficient (Wildman–Crippen LogP) is 4.15. The molecule has 2 rings (SSSR count). The molecule has 0 amide bonds. The lowest BCUT2D eigenvalue weighted by Crippen LogP contribution is -2.37. The van der Waals surface area contributed by atoms with E-state index in [0.717, 1.165) is 16.9 Å². The topological polar surface area (TPSA) is 63.1 Å². The highest BCUT2D eigenvalue weighted by Gasteiger charge is 2.32. The van der Waals surface area contributed by atoms with E-state index in [1.807, 2.05) is 13.8 Å². The first kappa shape index (κ1) is 17.5. The van der Waals surface area contributed by atoms with Gasteiger partial charge in [0.2, 0.25) is 0 Å². The predicted molar refractivity (Wildman–Crippen MR) is 94.7 cm³/mol. The van der Waals surface area contributed by atoms with Gasteiger partial charge in [0.1, 0.15) is 5.60 Å². The molecule has 0 atom stereocenters. The van der Waals surface area contributed by atoms with Crippen LogP contribution in [0.4, 0.5) is 0 Å².